The molecule has 11 heteroatoms. The van der Waals surface area contributed by atoms with Crippen molar-refractivity contribution in [2.75, 3.05) is 68.6 Å². The normalized spacial score (nSPS) is 40.8. The molecule has 2 bridgehead atoms. The Morgan fingerprint density at radius 1 is 1.06 bits per heavy atom. The van der Waals surface area contributed by atoms with Gasteiger partial charge in [-0.2, -0.15) is 5.06 Å². The largest absolute Gasteiger partial charge is 0.394 e. The average molecular weight is 705 g/mol. The molecule has 5 saturated carbocycles. The number of carbonyl (C=O) groups excluding carboxylic acids is 2. The fraction of sp³-hybridized carbons (Fsp3) is 0.949. The van der Waals surface area contributed by atoms with E-state index in [-0.39, 0.29) is 54.4 Å². The average Bonchev–Trinajstić information content (AvgIpc) is 3.46. The minimum Gasteiger partial charge on any atom is -0.394 e. The summed E-state index contributed by atoms with van der Waals surface area (Å²) in [4.78, 5) is 38.6. The highest BCUT2D eigenvalue weighted by molar-refractivity contribution is 5.83. The summed E-state index contributed by atoms with van der Waals surface area (Å²) in [7, 11) is 12.0. The lowest BCUT2D eigenvalue weighted by Gasteiger charge is -2.62. The molecule has 14 atom stereocenters. The molecule has 1 saturated heterocycles. The van der Waals surface area contributed by atoms with Gasteiger partial charge in [-0.25, -0.2) is 0 Å². The zero-order valence-electron chi connectivity index (χ0n) is 33.0. The Labute approximate surface area is 303 Å². The molecule has 0 spiro atoms. The molecule has 0 radical (unpaired) electrons. The summed E-state index contributed by atoms with van der Waals surface area (Å²) in [5, 5.41) is 22.8. The molecule has 1 aliphatic heterocycles. The predicted molar refractivity (Wildman–Crippen MR) is 197 cm³/mol. The third kappa shape index (κ3) is 8.24. The molecular formula is C39H72N6O5. The van der Waals surface area contributed by atoms with E-state index in [1.165, 1.54) is 6.42 Å². The molecule has 4 N–H and O–H groups in total. The van der Waals surface area contributed by atoms with Crippen molar-refractivity contribution in [1.82, 2.24) is 30.8 Å². The van der Waals surface area contributed by atoms with Crippen molar-refractivity contribution < 1.29 is 24.3 Å². The van der Waals surface area contributed by atoms with Crippen LogP contribution in [0.1, 0.15) is 79.1 Å². The molecule has 288 valence electrons. The maximum absolute atomic E-state index is 14.6. The number of nitrogens with zero attached hydrogens (tertiary/aromatic N) is 3. The van der Waals surface area contributed by atoms with Gasteiger partial charge in [-0.05, 0) is 115 Å². The van der Waals surface area contributed by atoms with Crippen molar-refractivity contribution in [3.8, 4) is 0 Å². The molecular weight excluding hydrogens is 632 g/mol. The van der Waals surface area contributed by atoms with Crippen molar-refractivity contribution >= 4 is 11.8 Å². The van der Waals surface area contributed by atoms with Crippen molar-refractivity contribution in [2.45, 2.75) is 115 Å². The first-order chi connectivity index (χ1) is 23.7. The van der Waals surface area contributed by atoms with Crippen LogP contribution >= 0.6 is 0 Å². The van der Waals surface area contributed by atoms with Crippen LogP contribution in [0.15, 0.2) is 0 Å². The minimum atomic E-state index is -0.518. The first-order valence-electron chi connectivity index (χ1n) is 19.8. The van der Waals surface area contributed by atoms with E-state index in [9.17, 15) is 14.7 Å². The van der Waals surface area contributed by atoms with Gasteiger partial charge in [0.1, 0.15) is 12.1 Å². The maximum Gasteiger partial charge on any atom is 0.240 e. The summed E-state index contributed by atoms with van der Waals surface area (Å²) in [6, 6.07) is -0.0406. The van der Waals surface area contributed by atoms with Gasteiger partial charge in [-0.15, -0.1) is 0 Å². The van der Waals surface area contributed by atoms with Crippen LogP contribution in [0.3, 0.4) is 0 Å². The summed E-state index contributed by atoms with van der Waals surface area (Å²) in [5.74, 6) is 2.55. The highest BCUT2D eigenvalue weighted by atomic mass is 16.7. The number of carbonyl (C=O) groups is 2. The fourth-order valence-corrected chi connectivity index (χ4v) is 11.3. The number of ether oxygens (including phenoxy) is 1. The van der Waals surface area contributed by atoms with Gasteiger partial charge in [0.2, 0.25) is 11.8 Å². The van der Waals surface area contributed by atoms with Crippen LogP contribution in [-0.2, 0) is 19.2 Å². The Kier molecular flexibility index (Phi) is 13.4. The number of methoxy groups -OCH3 is 1. The lowest BCUT2D eigenvalue weighted by atomic mass is 9.45. The molecule has 5 aliphatic carbocycles. The van der Waals surface area contributed by atoms with Crippen LogP contribution in [0, 0.1) is 52.8 Å². The Hall–Kier alpha value is -1.34. The molecule has 50 heavy (non-hydrogen) atoms. The van der Waals surface area contributed by atoms with E-state index >= 15 is 0 Å². The number of aliphatic hydroxyl groups excluding tert-OH is 1. The van der Waals surface area contributed by atoms with E-state index in [1.54, 1.807) is 7.05 Å². The number of hydrogen-bond donors (Lipinski definition) is 4. The third-order valence-corrected chi connectivity index (χ3v) is 14.5. The number of hydrogen-bond acceptors (Lipinski definition) is 9. The Bertz CT molecular complexity index is 1140. The van der Waals surface area contributed by atoms with Gasteiger partial charge in [0.15, 0.2) is 0 Å². The van der Waals surface area contributed by atoms with Crippen molar-refractivity contribution in [3.63, 3.8) is 0 Å². The van der Waals surface area contributed by atoms with Crippen LogP contribution in [0.4, 0.5) is 0 Å². The second kappa shape index (κ2) is 16.8. The molecule has 6 fully saturated rings. The van der Waals surface area contributed by atoms with Gasteiger partial charge >= 0.3 is 0 Å². The summed E-state index contributed by atoms with van der Waals surface area (Å²) in [5.41, 5.74) is 0.344. The summed E-state index contributed by atoms with van der Waals surface area (Å²) in [6.45, 7) is 11.4. The molecule has 6 aliphatic rings. The number of hydroxylamine groups is 2. The number of rotatable bonds is 14. The van der Waals surface area contributed by atoms with E-state index in [0.29, 0.717) is 47.6 Å². The van der Waals surface area contributed by atoms with Crippen LogP contribution in [0.5, 0.6) is 0 Å². The first kappa shape index (κ1) is 39.9. The lowest BCUT2D eigenvalue weighted by molar-refractivity contribution is -0.193. The molecule has 6 rings (SSSR count). The zero-order chi connectivity index (χ0) is 36.5. The smallest absolute Gasteiger partial charge is 0.240 e. The van der Waals surface area contributed by atoms with Crippen molar-refractivity contribution in [3.05, 3.63) is 0 Å². The zero-order valence-corrected chi connectivity index (χ0v) is 33.0. The van der Waals surface area contributed by atoms with Gasteiger partial charge < -0.3 is 35.6 Å². The summed E-state index contributed by atoms with van der Waals surface area (Å²) in [6.07, 6.45) is 7.81. The quantitative estimate of drug-likeness (QED) is 0.217. The monoisotopic (exact) mass is 705 g/mol. The molecule has 0 aromatic heterocycles. The fourth-order valence-electron chi connectivity index (χ4n) is 11.3. The Morgan fingerprint density at radius 2 is 1.80 bits per heavy atom. The van der Waals surface area contributed by atoms with Crippen LogP contribution in [0.2, 0.25) is 0 Å². The van der Waals surface area contributed by atoms with Gasteiger partial charge in [-0.3, -0.25) is 14.4 Å². The SMILES string of the molecule is CNC(=O)C1CC(C2CCCC(CN3O[C@@H](CO)[C@@H](C(C)NCCN(C)C)[C@H]3C(=O)N[C@H]3C[C@H]4C[C@@H]([C@@H]3C)C4(C)C)C2OC)CC(N(C)C)C1. The molecule has 1 heterocycles. The second-order valence-corrected chi connectivity index (χ2v) is 18.0. The molecule has 7 unspecified atom stereocenters. The lowest BCUT2D eigenvalue weighted by Crippen LogP contribution is -2.63. The number of fused-ring (bicyclic) bond motifs is 2. The maximum atomic E-state index is 14.6. The van der Waals surface area contributed by atoms with E-state index in [4.69, 9.17) is 9.57 Å². The van der Waals surface area contributed by atoms with E-state index in [0.717, 1.165) is 58.0 Å². The Balaban J connectivity index is 1.36. The van der Waals surface area contributed by atoms with E-state index in [1.807, 2.05) is 12.2 Å². The standard InChI is InChI=1S/C39H72N6O5/c1-23-31-19-28(39(31,3)4)20-32(23)42-38(48)35-34(24(2)41-14-15-43(6)7)33(22-46)50-45(35)21-25-12-11-13-30(36(25)49-10)26-16-27(37(47)40-5)18-29(17-26)44(8)9/h23-36,41,46H,11-22H2,1-10H3,(H,40,47)(H,42,48)/t23-,24?,25?,26?,27?,28+,29?,30?,31-,32-,33-,34+,35-,36?/m0/s1. The number of aliphatic hydroxyl groups is 1. The second-order valence-electron chi connectivity index (χ2n) is 18.0. The third-order valence-electron chi connectivity index (χ3n) is 14.5. The van der Waals surface area contributed by atoms with Crippen LogP contribution in [0.25, 0.3) is 0 Å². The first-order valence-corrected chi connectivity index (χ1v) is 19.8. The molecule has 11 nitrogen and oxygen atoms in total. The highest BCUT2D eigenvalue weighted by Gasteiger charge is 2.58. The molecule has 0 aromatic rings. The van der Waals surface area contributed by atoms with Gasteiger partial charge in [0.25, 0.3) is 0 Å². The predicted octanol–water partition coefficient (Wildman–Crippen LogP) is 2.83. The number of likely N-dealkylation sites (N-methyl/N-ethyl adjacent to an activating group) is 1. The van der Waals surface area contributed by atoms with E-state index < -0.39 is 12.1 Å². The van der Waals surface area contributed by atoms with Crippen molar-refractivity contribution in [2.24, 2.45) is 52.8 Å². The molecule has 2 amide bonds. The van der Waals surface area contributed by atoms with E-state index in [2.05, 4.69) is 81.6 Å². The van der Waals surface area contributed by atoms with Crippen LogP contribution in [-0.4, -0.2) is 137 Å². The van der Waals surface area contributed by atoms with Crippen molar-refractivity contribution in [1.29, 1.82) is 0 Å². The number of nitrogens with one attached hydrogen (secondary N) is 3. The highest BCUT2D eigenvalue weighted by Crippen LogP contribution is 2.61. The summed E-state index contributed by atoms with van der Waals surface area (Å²) < 4.78 is 6.40. The topological polar surface area (TPSA) is 119 Å². The van der Waals surface area contributed by atoms with Crippen LogP contribution < -0.4 is 16.0 Å². The number of amides is 2. The minimum absolute atomic E-state index is 0.00212. The summed E-state index contributed by atoms with van der Waals surface area (Å²) >= 11 is 0. The molecule has 0 aromatic carbocycles. The Morgan fingerprint density at radius 3 is 2.40 bits per heavy atom. The van der Waals surface area contributed by atoms with Gasteiger partial charge in [0.05, 0.1) is 12.7 Å². The van der Waals surface area contributed by atoms with Gasteiger partial charge in [0, 0.05) is 69.7 Å². The van der Waals surface area contributed by atoms with Gasteiger partial charge in [-0.1, -0.05) is 27.2 Å².